The van der Waals surface area contributed by atoms with Crippen LogP contribution >= 0.6 is 0 Å². The molecule has 5 nitrogen and oxygen atoms in total. The van der Waals surface area contributed by atoms with Crippen LogP contribution < -0.4 is 0 Å². The van der Waals surface area contributed by atoms with Crippen molar-refractivity contribution >= 4 is 6.09 Å². The molecule has 0 bridgehead atoms. The molecule has 8 heteroatoms. The summed E-state index contributed by atoms with van der Waals surface area (Å²) in [6.07, 6.45) is -5.82. The summed E-state index contributed by atoms with van der Waals surface area (Å²) < 4.78 is 49.9. The third-order valence-electron chi connectivity index (χ3n) is 5.42. The number of aliphatic hydroxyl groups is 1. The zero-order valence-electron chi connectivity index (χ0n) is 15.5. The Bertz CT molecular complexity index is 871. The Morgan fingerprint density at radius 3 is 2.31 bits per heavy atom. The molecule has 1 amide bonds. The van der Waals surface area contributed by atoms with Gasteiger partial charge >= 0.3 is 12.3 Å². The van der Waals surface area contributed by atoms with E-state index in [1.807, 2.05) is 48.5 Å². The monoisotopic (exact) mass is 407 g/mol. The molecule has 154 valence electrons. The average molecular weight is 407 g/mol. The minimum atomic E-state index is -4.92. The normalized spacial score (nSPS) is 22.0. The predicted molar refractivity (Wildman–Crippen MR) is 98.5 cm³/mol. The molecule has 4 rings (SSSR count). The van der Waals surface area contributed by atoms with Crippen molar-refractivity contribution in [3.63, 3.8) is 0 Å². The Morgan fingerprint density at radius 1 is 1.14 bits per heavy atom. The summed E-state index contributed by atoms with van der Waals surface area (Å²) in [4.78, 5) is 13.4. The molecule has 1 aliphatic carbocycles. The van der Waals surface area contributed by atoms with E-state index in [4.69, 9.17) is 9.47 Å². The lowest BCUT2D eigenvalue weighted by molar-refractivity contribution is -0.272. The Morgan fingerprint density at radius 2 is 1.72 bits per heavy atom. The van der Waals surface area contributed by atoms with E-state index in [0.29, 0.717) is 0 Å². The Balaban J connectivity index is 1.50. The summed E-state index contributed by atoms with van der Waals surface area (Å²) in [5, 5.41) is 9.95. The molecule has 1 saturated heterocycles. The second-order valence-corrected chi connectivity index (χ2v) is 7.31. The molecular weight excluding hydrogens is 387 g/mol. The fourth-order valence-corrected chi connectivity index (χ4v) is 3.87. The van der Waals surface area contributed by atoms with Gasteiger partial charge in [0.05, 0.1) is 19.8 Å². The molecule has 1 aliphatic heterocycles. The molecule has 1 atom stereocenters. The summed E-state index contributed by atoms with van der Waals surface area (Å²) in [6.45, 7) is -2.04. The maximum absolute atomic E-state index is 13.2. The Kier molecular flexibility index (Phi) is 5.00. The second kappa shape index (κ2) is 7.35. The van der Waals surface area contributed by atoms with Gasteiger partial charge in [0.25, 0.3) is 0 Å². The third kappa shape index (κ3) is 3.58. The maximum Gasteiger partial charge on any atom is 0.421 e. The summed E-state index contributed by atoms with van der Waals surface area (Å²) >= 11 is 0. The number of ether oxygens (including phenoxy) is 2. The van der Waals surface area contributed by atoms with E-state index in [9.17, 15) is 23.1 Å². The van der Waals surface area contributed by atoms with E-state index in [1.54, 1.807) is 0 Å². The van der Waals surface area contributed by atoms with Crippen molar-refractivity contribution in [2.75, 3.05) is 32.9 Å². The van der Waals surface area contributed by atoms with E-state index < -0.39 is 31.0 Å². The molecule has 2 aromatic rings. The summed E-state index contributed by atoms with van der Waals surface area (Å²) in [7, 11) is 0. The number of benzene rings is 2. The van der Waals surface area contributed by atoms with Crippen molar-refractivity contribution < 1.29 is 32.5 Å². The van der Waals surface area contributed by atoms with Crippen LogP contribution in [0.1, 0.15) is 17.0 Å². The van der Waals surface area contributed by atoms with E-state index in [-0.39, 0.29) is 25.7 Å². The Hall–Kier alpha value is -2.58. The van der Waals surface area contributed by atoms with Crippen LogP contribution in [0, 0.1) is 0 Å². The maximum atomic E-state index is 13.2. The molecule has 1 heterocycles. The summed E-state index contributed by atoms with van der Waals surface area (Å²) in [5.41, 5.74) is 1.01. The number of β-amino-alcohol motifs (C(OH)–C–C–N with tert-alkyl or cyclic N) is 1. The fourth-order valence-electron chi connectivity index (χ4n) is 3.87. The van der Waals surface area contributed by atoms with Gasteiger partial charge in [0.2, 0.25) is 5.60 Å². The van der Waals surface area contributed by atoms with Gasteiger partial charge in [-0.2, -0.15) is 13.2 Å². The molecule has 29 heavy (non-hydrogen) atoms. The number of hydrogen-bond donors (Lipinski definition) is 1. The van der Waals surface area contributed by atoms with E-state index in [1.165, 1.54) is 0 Å². The number of alkyl halides is 3. The number of carbonyl (C=O) groups excluding carboxylic acids is 1. The first-order chi connectivity index (χ1) is 13.8. The third-order valence-corrected chi connectivity index (χ3v) is 5.42. The van der Waals surface area contributed by atoms with Crippen LogP contribution in [0.15, 0.2) is 48.5 Å². The van der Waals surface area contributed by atoms with Crippen LogP contribution in [0.5, 0.6) is 0 Å². The molecule has 2 aromatic carbocycles. The van der Waals surface area contributed by atoms with Gasteiger partial charge in [0.1, 0.15) is 6.61 Å². The van der Waals surface area contributed by atoms with Crippen LogP contribution in [-0.2, 0) is 9.47 Å². The van der Waals surface area contributed by atoms with Crippen molar-refractivity contribution in [2.45, 2.75) is 17.7 Å². The van der Waals surface area contributed by atoms with Crippen LogP contribution in [0.25, 0.3) is 11.1 Å². The van der Waals surface area contributed by atoms with Crippen molar-refractivity contribution in [3.8, 4) is 11.1 Å². The van der Waals surface area contributed by atoms with Crippen LogP contribution in [0.2, 0.25) is 0 Å². The number of halogens is 3. The molecule has 0 aromatic heterocycles. The molecule has 2 aliphatic rings. The minimum absolute atomic E-state index is 0.00529. The lowest BCUT2D eigenvalue weighted by Crippen LogP contribution is -2.56. The quantitative estimate of drug-likeness (QED) is 0.827. The first kappa shape index (κ1) is 19.7. The molecule has 1 unspecified atom stereocenters. The number of amides is 1. The number of fused-ring (bicyclic) bond motifs is 3. The first-order valence-electron chi connectivity index (χ1n) is 9.27. The van der Waals surface area contributed by atoms with Crippen LogP contribution in [0.3, 0.4) is 0 Å². The molecule has 0 saturated carbocycles. The topological polar surface area (TPSA) is 59.0 Å². The van der Waals surface area contributed by atoms with Gasteiger partial charge in [0.15, 0.2) is 0 Å². The molecule has 0 spiro atoms. The van der Waals surface area contributed by atoms with E-state index >= 15 is 0 Å². The van der Waals surface area contributed by atoms with Crippen molar-refractivity contribution in [1.29, 1.82) is 0 Å². The summed E-state index contributed by atoms with van der Waals surface area (Å²) in [5.74, 6) is -0.198. The fraction of sp³-hybridized carbons (Fsp3) is 0.381. The van der Waals surface area contributed by atoms with Crippen molar-refractivity contribution in [3.05, 3.63) is 59.7 Å². The zero-order chi connectivity index (χ0) is 20.6. The van der Waals surface area contributed by atoms with E-state index in [0.717, 1.165) is 27.2 Å². The lowest BCUT2D eigenvalue weighted by atomic mass is 9.98. The number of carbonyl (C=O) groups is 1. The zero-order valence-corrected chi connectivity index (χ0v) is 15.5. The lowest BCUT2D eigenvalue weighted by Gasteiger charge is -2.32. The van der Waals surface area contributed by atoms with Gasteiger partial charge < -0.3 is 19.5 Å². The predicted octanol–water partition coefficient (Wildman–Crippen LogP) is 3.56. The van der Waals surface area contributed by atoms with Crippen LogP contribution in [-0.4, -0.2) is 60.8 Å². The first-order valence-corrected chi connectivity index (χ1v) is 9.27. The number of rotatable bonds is 2. The highest BCUT2D eigenvalue weighted by atomic mass is 19.4. The van der Waals surface area contributed by atoms with Gasteiger partial charge in [-0.3, -0.25) is 0 Å². The molecule has 1 fully saturated rings. The van der Waals surface area contributed by atoms with Gasteiger partial charge in [-0.05, 0) is 22.3 Å². The molecular formula is C21H20F3NO4. The smallest absolute Gasteiger partial charge is 0.421 e. The SMILES string of the molecule is O=C(OCC1c2ccccc2-c2ccccc21)N1CCOCC(O)(C(F)(F)F)C1. The van der Waals surface area contributed by atoms with Gasteiger partial charge in [-0.25, -0.2) is 4.79 Å². The van der Waals surface area contributed by atoms with Gasteiger partial charge in [-0.1, -0.05) is 48.5 Å². The number of hydrogen-bond acceptors (Lipinski definition) is 4. The highest BCUT2D eigenvalue weighted by Gasteiger charge is 2.56. The minimum Gasteiger partial charge on any atom is -0.448 e. The largest absolute Gasteiger partial charge is 0.448 e. The van der Waals surface area contributed by atoms with Crippen molar-refractivity contribution in [2.24, 2.45) is 0 Å². The number of nitrogens with zero attached hydrogens (tertiary/aromatic N) is 1. The van der Waals surface area contributed by atoms with E-state index in [2.05, 4.69) is 0 Å². The highest BCUT2D eigenvalue weighted by Crippen LogP contribution is 2.44. The van der Waals surface area contributed by atoms with Gasteiger partial charge in [-0.15, -0.1) is 0 Å². The molecule has 1 N–H and O–H groups in total. The van der Waals surface area contributed by atoms with Crippen molar-refractivity contribution in [1.82, 2.24) is 4.90 Å². The van der Waals surface area contributed by atoms with Gasteiger partial charge in [0, 0.05) is 12.5 Å². The Labute approximate surface area is 165 Å². The molecule has 0 radical (unpaired) electrons. The average Bonchev–Trinajstić information content (AvgIpc) is 2.85. The highest BCUT2D eigenvalue weighted by molar-refractivity contribution is 5.79. The standard InChI is InChI=1S/C21H20F3NO4/c22-21(23,24)20(27)12-25(9-10-28-13-20)19(26)29-11-18-16-7-3-1-5-14(16)15-6-2-4-8-17(15)18/h1-8,18,27H,9-13H2. The van der Waals surface area contributed by atoms with Crippen LogP contribution in [0.4, 0.5) is 18.0 Å². The summed E-state index contributed by atoms with van der Waals surface area (Å²) in [6, 6.07) is 15.5. The second-order valence-electron chi connectivity index (χ2n) is 7.31.